The molecule has 1 aliphatic rings. The Morgan fingerprint density at radius 3 is 2.50 bits per heavy atom. The van der Waals surface area contributed by atoms with Crippen molar-refractivity contribution in [3.05, 3.63) is 47.0 Å². The zero-order valence-electron chi connectivity index (χ0n) is 14.8. The molecule has 1 amide bonds. The minimum atomic E-state index is -4.05. The molecule has 0 spiro atoms. The number of likely N-dealkylation sites (tertiary alicyclic amines) is 1. The smallest absolute Gasteiger partial charge is 0.264 e. The van der Waals surface area contributed by atoms with Gasteiger partial charge >= 0.3 is 0 Å². The van der Waals surface area contributed by atoms with Gasteiger partial charge in [-0.15, -0.1) is 0 Å². The summed E-state index contributed by atoms with van der Waals surface area (Å²) in [6.45, 7) is 4.55. The van der Waals surface area contributed by atoms with Gasteiger partial charge in [-0.1, -0.05) is 6.07 Å². The van der Waals surface area contributed by atoms with E-state index in [1.165, 1.54) is 18.2 Å². The van der Waals surface area contributed by atoms with Gasteiger partial charge in [-0.2, -0.15) is 0 Å². The molecule has 2 N–H and O–H groups in total. The number of hydrogen-bond acceptors (Lipinski definition) is 3. The van der Waals surface area contributed by atoms with Crippen LogP contribution in [0.15, 0.2) is 29.2 Å². The lowest BCUT2D eigenvalue weighted by molar-refractivity contribution is 0.0720. The van der Waals surface area contributed by atoms with Gasteiger partial charge in [0.05, 0.1) is 11.3 Å². The Labute approximate surface area is 152 Å². The van der Waals surface area contributed by atoms with E-state index in [9.17, 15) is 17.6 Å². The molecular weight excluding hydrogens is 357 g/mol. The van der Waals surface area contributed by atoms with Gasteiger partial charge in [-0.25, -0.2) is 12.8 Å². The molecule has 2 aromatic rings. The number of carbonyl (C=O) groups excluding carboxylic acids is 1. The van der Waals surface area contributed by atoms with E-state index >= 15 is 0 Å². The first-order valence-corrected chi connectivity index (χ1v) is 10.0. The highest BCUT2D eigenvalue weighted by atomic mass is 32.2. The zero-order valence-corrected chi connectivity index (χ0v) is 15.6. The van der Waals surface area contributed by atoms with Crippen molar-refractivity contribution in [3.8, 4) is 0 Å². The maximum Gasteiger partial charge on any atom is 0.264 e. The fraction of sp³-hybridized carbons (Fsp3) is 0.389. The number of anilines is 1. The van der Waals surface area contributed by atoms with E-state index in [0.29, 0.717) is 24.5 Å². The highest BCUT2D eigenvalue weighted by Crippen LogP contribution is 2.28. The first kappa shape index (κ1) is 18.4. The summed E-state index contributed by atoms with van der Waals surface area (Å²) in [5.41, 5.74) is 1.16. The SMILES string of the molecule is Cc1[nH]c(C)c(S(=O)(=O)Nc2cccc(F)c2)c1C(=O)N1CCCCC1. The molecule has 2 heterocycles. The summed E-state index contributed by atoms with van der Waals surface area (Å²) in [5.74, 6) is -0.831. The number of amides is 1. The van der Waals surface area contributed by atoms with Gasteiger partial charge < -0.3 is 9.88 Å². The topological polar surface area (TPSA) is 82.3 Å². The lowest BCUT2D eigenvalue weighted by Gasteiger charge is -2.27. The van der Waals surface area contributed by atoms with Gasteiger partial charge in [-0.05, 0) is 51.3 Å². The molecular formula is C18H22FN3O3S. The largest absolute Gasteiger partial charge is 0.361 e. The van der Waals surface area contributed by atoms with Crippen LogP contribution in [0.1, 0.15) is 41.0 Å². The van der Waals surface area contributed by atoms with Gasteiger partial charge in [0.25, 0.3) is 15.9 Å². The number of aryl methyl sites for hydroxylation is 2. The van der Waals surface area contributed by atoms with Crippen LogP contribution in [0.4, 0.5) is 10.1 Å². The standard InChI is InChI=1S/C18H22FN3O3S/c1-12-16(18(23)22-9-4-3-5-10-22)17(13(2)20-12)26(24,25)21-15-8-6-7-14(19)11-15/h6-8,11,20-21H,3-5,9-10H2,1-2H3. The quantitative estimate of drug-likeness (QED) is 0.856. The molecule has 0 saturated carbocycles. The number of halogens is 1. The lowest BCUT2D eigenvalue weighted by Crippen LogP contribution is -2.36. The normalized spacial score (nSPS) is 15.1. The number of benzene rings is 1. The Hall–Kier alpha value is -2.35. The second-order valence-corrected chi connectivity index (χ2v) is 8.17. The molecule has 6 nitrogen and oxygen atoms in total. The minimum absolute atomic E-state index is 0.0742. The monoisotopic (exact) mass is 379 g/mol. The number of hydrogen-bond donors (Lipinski definition) is 2. The van der Waals surface area contributed by atoms with Crippen LogP contribution >= 0.6 is 0 Å². The van der Waals surface area contributed by atoms with Crippen LogP contribution in [-0.4, -0.2) is 37.3 Å². The number of H-pyrrole nitrogens is 1. The first-order chi connectivity index (χ1) is 12.3. The predicted molar refractivity (Wildman–Crippen MR) is 97.2 cm³/mol. The molecule has 0 bridgehead atoms. The molecule has 1 aromatic carbocycles. The lowest BCUT2D eigenvalue weighted by atomic mass is 10.1. The average molecular weight is 379 g/mol. The maximum absolute atomic E-state index is 13.4. The third-order valence-corrected chi connectivity index (χ3v) is 6.07. The van der Waals surface area contributed by atoms with Crippen LogP contribution in [0.5, 0.6) is 0 Å². The van der Waals surface area contributed by atoms with Gasteiger partial charge in [0.15, 0.2) is 0 Å². The Morgan fingerprint density at radius 1 is 1.15 bits per heavy atom. The number of sulfonamides is 1. The molecule has 0 unspecified atom stereocenters. The van der Waals surface area contributed by atoms with Gasteiger partial charge in [-0.3, -0.25) is 9.52 Å². The van der Waals surface area contributed by atoms with Crippen molar-refractivity contribution in [2.75, 3.05) is 17.8 Å². The number of carbonyl (C=O) groups is 1. The summed E-state index contributed by atoms with van der Waals surface area (Å²) in [6.07, 6.45) is 2.90. The maximum atomic E-state index is 13.4. The Morgan fingerprint density at radius 2 is 1.85 bits per heavy atom. The Kier molecular flexibility index (Phi) is 5.04. The van der Waals surface area contributed by atoms with E-state index < -0.39 is 15.8 Å². The van der Waals surface area contributed by atoms with Crippen molar-refractivity contribution in [3.63, 3.8) is 0 Å². The summed E-state index contributed by atoms with van der Waals surface area (Å²) >= 11 is 0. The van der Waals surface area contributed by atoms with E-state index in [0.717, 1.165) is 25.3 Å². The number of aromatic nitrogens is 1. The average Bonchev–Trinajstić information content (AvgIpc) is 2.89. The third-order valence-electron chi connectivity index (χ3n) is 4.52. The van der Waals surface area contributed by atoms with E-state index in [-0.39, 0.29) is 22.1 Å². The highest BCUT2D eigenvalue weighted by Gasteiger charge is 2.32. The van der Waals surface area contributed by atoms with Crippen LogP contribution in [-0.2, 0) is 10.0 Å². The summed E-state index contributed by atoms with van der Waals surface area (Å²) < 4.78 is 41.6. The molecule has 1 fully saturated rings. The molecule has 1 aromatic heterocycles. The van der Waals surface area contributed by atoms with Gasteiger partial charge in [0.1, 0.15) is 10.7 Å². The molecule has 0 radical (unpaired) electrons. The Balaban J connectivity index is 2.00. The second kappa shape index (κ2) is 7.11. The van der Waals surface area contributed by atoms with Crippen molar-refractivity contribution >= 4 is 21.6 Å². The van der Waals surface area contributed by atoms with Crippen molar-refractivity contribution in [2.24, 2.45) is 0 Å². The van der Waals surface area contributed by atoms with Crippen LogP contribution in [0.25, 0.3) is 0 Å². The van der Waals surface area contributed by atoms with Crippen molar-refractivity contribution in [1.29, 1.82) is 0 Å². The van der Waals surface area contributed by atoms with Gasteiger partial charge in [0.2, 0.25) is 0 Å². The number of nitrogens with one attached hydrogen (secondary N) is 2. The molecule has 0 aliphatic carbocycles. The van der Waals surface area contributed by atoms with Crippen LogP contribution < -0.4 is 4.72 Å². The fourth-order valence-electron chi connectivity index (χ4n) is 3.37. The van der Waals surface area contributed by atoms with E-state index in [1.807, 2.05) is 0 Å². The van der Waals surface area contributed by atoms with Crippen molar-refractivity contribution < 1.29 is 17.6 Å². The molecule has 3 rings (SSSR count). The first-order valence-electron chi connectivity index (χ1n) is 8.56. The molecule has 26 heavy (non-hydrogen) atoms. The second-order valence-electron chi connectivity index (χ2n) is 6.55. The van der Waals surface area contributed by atoms with Crippen molar-refractivity contribution in [1.82, 2.24) is 9.88 Å². The van der Waals surface area contributed by atoms with E-state index in [1.54, 1.807) is 18.7 Å². The number of piperidine rings is 1. The summed E-state index contributed by atoms with van der Waals surface area (Å²) in [4.78, 5) is 17.5. The zero-order chi connectivity index (χ0) is 18.9. The molecule has 140 valence electrons. The molecule has 0 atom stereocenters. The van der Waals surface area contributed by atoms with Crippen LogP contribution in [0, 0.1) is 19.7 Å². The fourth-order valence-corrected chi connectivity index (χ4v) is 4.87. The highest BCUT2D eigenvalue weighted by molar-refractivity contribution is 7.92. The molecule has 1 saturated heterocycles. The Bertz CT molecular complexity index is 931. The molecule has 8 heteroatoms. The number of nitrogens with zero attached hydrogens (tertiary/aromatic N) is 1. The molecule has 1 aliphatic heterocycles. The van der Waals surface area contributed by atoms with Crippen LogP contribution in [0.3, 0.4) is 0 Å². The minimum Gasteiger partial charge on any atom is -0.361 e. The van der Waals surface area contributed by atoms with Crippen molar-refractivity contribution in [2.45, 2.75) is 38.0 Å². The van der Waals surface area contributed by atoms with Gasteiger partial charge in [0, 0.05) is 24.5 Å². The number of rotatable bonds is 4. The summed E-state index contributed by atoms with van der Waals surface area (Å²) in [5, 5.41) is 0. The van der Waals surface area contributed by atoms with Crippen LogP contribution in [0.2, 0.25) is 0 Å². The van der Waals surface area contributed by atoms with E-state index in [4.69, 9.17) is 0 Å². The van der Waals surface area contributed by atoms with E-state index in [2.05, 4.69) is 9.71 Å². The summed E-state index contributed by atoms with van der Waals surface area (Å²) in [6, 6.07) is 5.21. The summed E-state index contributed by atoms with van der Waals surface area (Å²) in [7, 11) is -4.05. The predicted octanol–water partition coefficient (Wildman–Crippen LogP) is 3.20. The number of aromatic amines is 1. The third kappa shape index (κ3) is 3.60.